The predicted octanol–water partition coefficient (Wildman–Crippen LogP) is 5.84. The van der Waals surface area contributed by atoms with Gasteiger partial charge in [-0.15, -0.1) is 10.2 Å². The molecule has 0 saturated heterocycles. The molecular weight excluding hydrogens is 425 g/mol. The van der Waals surface area contributed by atoms with Crippen molar-refractivity contribution in [2.24, 2.45) is 0 Å². The maximum atomic E-state index is 13.1. The fraction of sp³-hybridized carbons (Fsp3) is 0.160. The van der Waals surface area contributed by atoms with E-state index >= 15 is 0 Å². The van der Waals surface area contributed by atoms with Crippen molar-refractivity contribution in [3.63, 3.8) is 0 Å². The summed E-state index contributed by atoms with van der Waals surface area (Å²) in [7, 11) is 1.64. The van der Waals surface area contributed by atoms with Gasteiger partial charge in [0.1, 0.15) is 11.6 Å². The van der Waals surface area contributed by atoms with Gasteiger partial charge in [-0.2, -0.15) is 0 Å². The molecule has 5 nitrogen and oxygen atoms in total. The van der Waals surface area contributed by atoms with Crippen molar-refractivity contribution >= 4 is 17.5 Å². The first-order chi connectivity index (χ1) is 15.7. The molecular formula is C25H22FN3O2S. The smallest absolute Gasteiger partial charge is 0.196 e. The predicted molar refractivity (Wildman–Crippen MR) is 124 cm³/mol. The van der Waals surface area contributed by atoms with Gasteiger partial charge in [-0.05, 0) is 55.0 Å². The molecule has 0 atom stereocenters. The Hall–Kier alpha value is -3.45. The second-order valence-electron chi connectivity index (χ2n) is 7.09. The Morgan fingerprint density at radius 1 is 0.969 bits per heavy atom. The number of ketones is 1. The fourth-order valence-corrected chi connectivity index (χ4v) is 4.17. The molecule has 4 aromatic rings. The minimum absolute atomic E-state index is 0.00666. The molecule has 0 aliphatic heterocycles. The van der Waals surface area contributed by atoms with E-state index in [1.54, 1.807) is 18.9 Å². The van der Waals surface area contributed by atoms with Crippen molar-refractivity contribution in [1.82, 2.24) is 14.8 Å². The fourth-order valence-electron chi connectivity index (χ4n) is 3.28. The van der Waals surface area contributed by atoms with E-state index in [1.165, 1.54) is 24.3 Å². The summed E-state index contributed by atoms with van der Waals surface area (Å²) in [6.45, 7) is 0. The number of rotatable bonds is 9. The topological polar surface area (TPSA) is 57.0 Å². The van der Waals surface area contributed by atoms with Crippen LogP contribution in [-0.2, 0) is 0 Å². The Kier molecular flexibility index (Phi) is 6.97. The van der Waals surface area contributed by atoms with Crippen LogP contribution >= 0.6 is 11.8 Å². The third-order valence-electron chi connectivity index (χ3n) is 4.94. The maximum absolute atomic E-state index is 13.1. The van der Waals surface area contributed by atoms with Crippen molar-refractivity contribution in [2.45, 2.75) is 18.0 Å². The molecule has 32 heavy (non-hydrogen) atoms. The highest BCUT2D eigenvalue weighted by molar-refractivity contribution is 7.99. The van der Waals surface area contributed by atoms with Crippen LogP contribution in [-0.4, -0.2) is 33.4 Å². The molecule has 0 aliphatic rings. The first-order valence-electron chi connectivity index (χ1n) is 10.2. The van der Waals surface area contributed by atoms with Crippen molar-refractivity contribution in [1.29, 1.82) is 0 Å². The van der Waals surface area contributed by atoms with Gasteiger partial charge >= 0.3 is 0 Å². The first kappa shape index (κ1) is 21.8. The summed E-state index contributed by atoms with van der Waals surface area (Å²) in [6.07, 6.45) is 1.07. The summed E-state index contributed by atoms with van der Waals surface area (Å²) < 4.78 is 20.3. The number of thioether (sulfide) groups is 1. The van der Waals surface area contributed by atoms with Gasteiger partial charge in [-0.25, -0.2) is 4.39 Å². The third-order valence-corrected chi connectivity index (χ3v) is 5.96. The molecule has 0 N–H and O–H groups in total. The Labute approximate surface area is 190 Å². The van der Waals surface area contributed by atoms with Gasteiger partial charge < -0.3 is 4.74 Å². The van der Waals surface area contributed by atoms with Gasteiger partial charge in [0.2, 0.25) is 0 Å². The van der Waals surface area contributed by atoms with Crippen LogP contribution < -0.4 is 4.74 Å². The van der Waals surface area contributed by atoms with Crippen LogP contribution in [0.5, 0.6) is 5.75 Å². The maximum Gasteiger partial charge on any atom is 0.196 e. The molecule has 3 aromatic carbocycles. The SMILES string of the molecule is COc1ccc(-n2c(SCCCC(=O)c3ccc(F)cc3)nnc2-c2ccccc2)cc1. The number of benzene rings is 3. The molecule has 0 fully saturated rings. The highest BCUT2D eigenvalue weighted by Crippen LogP contribution is 2.29. The first-order valence-corrected chi connectivity index (χ1v) is 11.2. The molecule has 0 radical (unpaired) electrons. The quantitative estimate of drug-likeness (QED) is 0.183. The van der Waals surface area contributed by atoms with Gasteiger partial charge in [-0.3, -0.25) is 9.36 Å². The second-order valence-corrected chi connectivity index (χ2v) is 8.15. The van der Waals surface area contributed by atoms with E-state index in [4.69, 9.17) is 4.74 Å². The molecule has 162 valence electrons. The van der Waals surface area contributed by atoms with Crippen LogP contribution in [0.1, 0.15) is 23.2 Å². The van der Waals surface area contributed by atoms with E-state index < -0.39 is 0 Å². The molecule has 4 rings (SSSR count). The number of hydrogen-bond donors (Lipinski definition) is 0. The highest BCUT2D eigenvalue weighted by atomic mass is 32.2. The number of hydrogen-bond acceptors (Lipinski definition) is 5. The molecule has 0 amide bonds. The summed E-state index contributed by atoms with van der Waals surface area (Å²) >= 11 is 1.55. The van der Waals surface area contributed by atoms with E-state index in [2.05, 4.69) is 10.2 Å². The van der Waals surface area contributed by atoms with Gasteiger partial charge in [0.05, 0.1) is 7.11 Å². The summed E-state index contributed by atoms with van der Waals surface area (Å²) in [5, 5.41) is 9.60. The van der Waals surface area contributed by atoms with Crippen molar-refractivity contribution in [3.05, 3.63) is 90.2 Å². The van der Waals surface area contributed by atoms with Gasteiger partial charge in [0.15, 0.2) is 16.8 Å². The zero-order chi connectivity index (χ0) is 22.3. The zero-order valence-electron chi connectivity index (χ0n) is 17.6. The number of ether oxygens (including phenoxy) is 1. The van der Waals surface area contributed by atoms with Crippen molar-refractivity contribution in [2.75, 3.05) is 12.9 Å². The second kappa shape index (κ2) is 10.2. The molecule has 1 aromatic heterocycles. The lowest BCUT2D eigenvalue weighted by Gasteiger charge is -2.11. The molecule has 0 unspecified atom stereocenters. The van der Waals surface area contributed by atoms with Gasteiger partial charge in [0.25, 0.3) is 0 Å². The Morgan fingerprint density at radius 3 is 2.38 bits per heavy atom. The molecule has 0 saturated carbocycles. The molecule has 0 bridgehead atoms. The lowest BCUT2D eigenvalue weighted by molar-refractivity contribution is 0.0982. The Morgan fingerprint density at radius 2 is 1.69 bits per heavy atom. The van der Waals surface area contributed by atoms with Gasteiger partial charge in [-0.1, -0.05) is 42.1 Å². The van der Waals surface area contributed by atoms with Crippen LogP contribution in [0.2, 0.25) is 0 Å². The normalized spacial score (nSPS) is 10.8. The van der Waals surface area contributed by atoms with Crippen LogP contribution in [0.3, 0.4) is 0 Å². The number of carbonyl (C=O) groups is 1. The lowest BCUT2D eigenvalue weighted by Crippen LogP contribution is -2.02. The number of nitrogens with zero attached hydrogens (tertiary/aromatic N) is 3. The van der Waals surface area contributed by atoms with Gasteiger partial charge in [0, 0.05) is 29.0 Å². The van der Waals surface area contributed by atoms with E-state index in [0.717, 1.165) is 28.0 Å². The van der Waals surface area contributed by atoms with E-state index in [9.17, 15) is 9.18 Å². The van der Waals surface area contributed by atoms with Crippen molar-refractivity contribution in [3.8, 4) is 22.8 Å². The molecule has 1 heterocycles. The van der Waals surface area contributed by atoms with Crippen molar-refractivity contribution < 1.29 is 13.9 Å². The Bertz CT molecular complexity index is 1180. The number of halogens is 1. The number of carbonyl (C=O) groups excluding carboxylic acids is 1. The summed E-state index contributed by atoms with van der Waals surface area (Å²) in [6, 6.07) is 23.3. The summed E-state index contributed by atoms with van der Waals surface area (Å²) in [5.41, 5.74) is 2.43. The number of Topliss-reactive ketones (excluding diaryl/α,β-unsaturated/α-hetero) is 1. The summed E-state index contributed by atoms with van der Waals surface area (Å²) in [5.74, 6) is 1.89. The molecule has 0 aliphatic carbocycles. The highest BCUT2D eigenvalue weighted by Gasteiger charge is 2.16. The zero-order valence-corrected chi connectivity index (χ0v) is 18.4. The average Bonchev–Trinajstić information content (AvgIpc) is 3.26. The molecule has 0 spiro atoms. The standard InChI is InChI=1S/C25H22FN3O2S/c1-31-22-15-13-21(14-16-22)29-24(19-6-3-2-4-7-19)27-28-25(29)32-17-5-8-23(30)18-9-11-20(26)12-10-18/h2-4,6-7,9-16H,5,8,17H2,1H3. The number of aromatic nitrogens is 3. The van der Waals surface area contributed by atoms with E-state index in [1.807, 2.05) is 59.2 Å². The van der Waals surface area contributed by atoms with E-state index in [0.29, 0.717) is 24.2 Å². The molecule has 7 heteroatoms. The monoisotopic (exact) mass is 447 g/mol. The average molecular weight is 448 g/mol. The van der Waals surface area contributed by atoms with Crippen LogP contribution in [0.25, 0.3) is 17.1 Å². The van der Waals surface area contributed by atoms with Crippen LogP contribution in [0.4, 0.5) is 4.39 Å². The minimum atomic E-state index is -0.343. The van der Waals surface area contributed by atoms with E-state index in [-0.39, 0.29) is 11.6 Å². The minimum Gasteiger partial charge on any atom is -0.497 e. The lowest BCUT2D eigenvalue weighted by atomic mass is 10.1. The third kappa shape index (κ3) is 5.06. The number of methoxy groups -OCH3 is 1. The van der Waals surface area contributed by atoms with Crippen LogP contribution in [0.15, 0.2) is 84.0 Å². The Balaban J connectivity index is 1.50. The summed E-state index contributed by atoms with van der Waals surface area (Å²) in [4.78, 5) is 12.3. The largest absolute Gasteiger partial charge is 0.497 e. The van der Waals surface area contributed by atoms with Crippen LogP contribution in [0, 0.1) is 5.82 Å².